The van der Waals surface area contributed by atoms with Crippen LogP contribution in [0.2, 0.25) is 0 Å². The molecule has 0 radical (unpaired) electrons. The number of fused-ring (bicyclic) bond motifs is 1. The third-order valence-electron chi connectivity index (χ3n) is 6.18. The Morgan fingerprint density at radius 3 is 2.57 bits per heavy atom. The molecule has 1 aliphatic heterocycles. The van der Waals surface area contributed by atoms with Gasteiger partial charge in [-0.2, -0.15) is 0 Å². The highest BCUT2D eigenvalue weighted by Gasteiger charge is 2.39. The van der Waals surface area contributed by atoms with E-state index in [-0.39, 0.29) is 11.9 Å². The lowest BCUT2D eigenvalue weighted by Gasteiger charge is -2.42. The van der Waals surface area contributed by atoms with Crippen molar-refractivity contribution in [3.05, 3.63) is 49.1 Å². The molecule has 0 saturated heterocycles. The number of hydrogen-bond acceptors (Lipinski definition) is 6. The smallest absolute Gasteiger partial charge is 0.249 e. The molecule has 0 unspecified atom stereocenters. The van der Waals surface area contributed by atoms with Crippen LogP contribution in [0.25, 0.3) is 22.6 Å². The minimum absolute atomic E-state index is 0.0822. The van der Waals surface area contributed by atoms with E-state index >= 15 is 0 Å². The summed E-state index contributed by atoms with van der Waals surface area (Å²) in [5.41, 5.74) is 3.33. The first-order chi connectivity index (χ1) is 14.6. The van der Waals surface area contributed by atoms with Gasteiger partial charge in [-0.25, -0.2) is 19.9 Å². The van der Waals surface area contributed by atoms with Gasteiger partial charge in [0.2, 0.25) is 5.91 Å². The maximum absolute atomic E-state index is 12.9. The largest absolute Gasteiger partial charge is 0.340 e. The number of carbonyl (C=O) groups is 1. The predicted octanol–water partition coefficient (Wildman–Crippen LogP) is 3.71. The quantitative estimate of drug-likeness (QED) is 0.667. The molecule has 30 heavy (non-hydrogen) atoms. The Balaban J connectivity index is 1.65. The Morgan fingerprint density at radius 1 is 1.03 bits per heavy atom. The average Bonchev–Trinajstić information content (AvgIpc) is 3.32. The van der Waals surface area contributed by atoms with E-state index in [0.717, 1.165) is 41.2 Å². The second-order valence-electron chi connectivity index (χ2n) is 7.97. The summed E-state index contributed by atoms with van der Waals surface area (Å²) >= 11 is 0. The lowest BCUT2D eigenvalue weighted by Crippen LogP contribution is -2.54. The number of likely N-dealkylation sites (N-methyl/N-ethyl adjacent to an activating group) is 1. The van der Waals surface area contributed by atoms with E-state index in [1.165, 1.54) is 12.8 Å². The highest BCUT2D eigenvalue weighted by atomic mass is 16.2. The van der Waals surface area contributed by atoms with Crippen LogP contribution in [0.1, 0.15) is 32.6 Å². The van der Waals surface area contributed by atoms with Crippen molar-refractivity contribution >= 4 is 17.4 Å². The fraction of sp³-hybridized carbons (Fsp3) is 0.348. The number of carbonyl (C=O) groups excluding carboxylic acids is 1. The minimum Gasteiger partial charge on any atom is -0.340 e. The maximum atomic E-state index is 12.9. The third-order valence-corrected chi connectivity index (χ3v) is 6.18. The van der Waals surface area contributed by atoms with Crippen LogP contribution in [0.3, 0.4) is 0 Å². The van der Waals surface area contributed by atoms with Crippen LogP contribution >= 0.6 is 0 Å². The number of hydrogen-bond donors (Lipinski definition) is 0. The molecule has 7 heteroatoms. The number of anilines is 2. The van der Waals surface area contributed by atoms with Gasteiger partial charge in [0.1, 0.15) is 18.1 Å². The van der Waals surface area contributed by atoms with Crippen molar-refractivity contribution in [1.29, 1.82) is 0 Å². The summed E-state index contributed by atoms with van der Waals surface area (Å²) in [6, 6.07) is 10.1. The highest BCUT2D eigenvalue weighted by Crippen LogP contribution is 2.40. The second kappa shape index (κ2) is 7.48. The Kier molecular flexibility index (Phi) is 4.65. The fourth-order valence-corrected chi connectivity index (χ4v) is 4.62. The van der Waals surface area contributed by atoms with E-state index < -0.39 is 0 Å². The highest BCUT2D eigenvalue weighted by molar-refractivity contribution is 6.04. The topological polar surface area (TPSA) is 75.1 Å². The lowest BCUT2D eigenvalue weighted by molar-refractivity contribution is -0.119. The van der Waals surface area contributed by atoms with Crippen molar-refractivity contribution in [2.75, 3.05) is 16.8 Å². The molecule has 152 valence electrons. The normalized spacial score (nSPS) is 19.3. The van der Waals surface area contributed by atoms with Gasteiger partial charge >= 0.3 is 0 Å². The number of benzene rings is 1. The van der Waals surface area contributed by atoms with Crippen molar-refractivity contribution in [2.24, 2.45) is 0 Å². The molecule has 1 aliphatic carbocycles. The zero-order valence-corrected chi connectivity index (χ0v) is 17.2. The van der Waals surface area contributed by atoms with E-state index in [0.29, 0.717) is 11.9 Å². The van der Waals surface area contributed by atoms with Gasteiger partial charge in [0.25, 0.3) is 0 Å². The Hall–Kier alpha value is -3.35. The second-order valence-corrected chi connectivity index (χ2v) is 7.97. The van der Waals surface area contributed by atoms with Crippen molar-refractivity contribution < 1.29 is 4.79 Å². The SMILES string of the molecule is C[C@@H]1C(=O)N(C)c2cnc(-c3cncnc3-c3ccccc3)nc2N1C1CCCC1. The van der Waals surface area contributed by atoms with Crippen molar-refractivity contribution in [3.8, 4) is 22.6 Å². The van der Waals surface area contributed by atoms with Gasteiger partial charge in [0.05, 0.1) is 17.5 Å². The van der Waals surface area contributed by atoms with Gasteiger partial charge in [-0.3, -0.25) is 4.79 Å². The van der Waals surface area contributed by atoms with Gasteiger partial charge in [0.15, 0.2) is 11.6 Å². The van der Waals surface area contributed by atoms with E-state index in [4.69, 9.17) is 4.98 Å². The Labute approximate surface area is 175 Å². The summed E-state index contributed by atoms with van der Waals surface area (Å²) in [5, 5.41) is 0. The van der Waals surface area contributed by atoms with Gasteiger partial charge in [-0.05, 0) is 19.8 Å². The van der Waals surface area contributed by atoms with E-state index in [1.807, 2.05) is 37.3 Å². The molecule has 5 rings (SSSR count). The number of aromatic nitrogens is 4. The van der Waals surface area contributed by atoms with Crippen LogP contribution < -0.4 is 9.80 Å². The lowest BCUT2D eigenvalue weighted by atomic mass is 10.1. The number of amides is 1. The first-order valence-corrected chi connectivity index (χ1v) is 10.4. The Morgan fingerprint density at radius 2 is 1.80 bits per heavy atom. The number of rotatable bonds is 3. The molecule has 1 atom stereocenters. The first-order valence-electron chi connectivity index (χ1n) is 10.4. The van der Waals surface area contributed by atoms with Gasteiger partial charge in [-0.1, -0.05) is 43.2 Å². The fourth-order valence-electron chi connectivity index (χ4n) is 4.62. The summed E-state index contributed by atoms with van der Waals surface area (Å²) in [7, 11) is 1.80. The maximum Gasteiger partial charge on any atom is 0.249 e. The van der Waals surface area contributed by atoms with E-state index in [1.54, 1.807) is 30.7 Å². The van der Waals surface area contributed by atoms with Crippen LogP contribution in [0.15, 0.2) is 49.1 Å². The van der Waals surface area contributed by atoms with E-state index in [9.17, 15) is 4.79 Å². The average molecular weight is 400 g/mol. The minimum atomic E-state index is -0.242. The molecule has 0 N–H and O–H groups in total. The standard InChI is InChI=1S/C23H24N6O/c1-15-23(30)28(2)19-13-25-21(27-22(19)29(15)17-10-6-7-11-17)18-12-24-14-26-20(18)16-8-4-3-5-9-16/h3-5,8-9,12-15,17H,6-7,10-11H2,1-2H3/t15-/m1/s1. The van der Waals surface area contributed by atoms with Crippen LogP contribution in [-0.4, -0.2) is 45.0 Å². The zero-order valence-electron chi connectivity index (χ0n) is 17.2. The zero-order chi connectivity index (χ0) is 20.7. The summed E-state index contributed by atoms with van der Waals surface area (Å²) in [5.74, 6) is 1.48. The van der Waals surface area contributed by atoms with Crippen LogP contribution in [0, 0.1) is 0 Å². The van der Waals surface area contributed by atoms with Crippen LogP contribution in [0.5, 0.6) is 0 Å². The molecule has 1 amide bonds. The molecular formula is C23H24N6O. The van der Waals surface area contributed by atoms with Crippen molar-refractivity contribution in [3.63, 3.8) is 0 Å². The van der Waals surface area contributed by atoms with Crippen LogP contribution in [-0.2, 0) is 4.79 Å². The monoisotopic (exact) mass is 400 g/mol. The molecule has 2 aromatic heterocycles. The predicted molar refractivity (Wildman–Crippen MR) is 116 cm³/mol. The van der Waals surface area contributed by atoms with Gasteiger partial charge < -0.3 is 9.80 Å². The summed E-state index contributed by atoms with van der Waals surface area (Å²) in [6.07, 6.45) is 9.62. The molecule has 7 nitrogen and oxygen atoms in total. The van der Waals surface area contributed by atoms with Crippen molar-refractivity contribution in [1.82, 2.24) is 19.9 Å². The molecule has 3 aromatic rings. The van der Waals surface area contributed by atoms with Crippen LogP contribution in [0.4, 0.5) is 11.5 Å². The first kappa shape index (κ1) is 18.7. The number of nitrogens with zero attached hydrogens (tertiary/aromatic N) is 6. The molecule has 0 bridgehead atoms. The molecule has 2 aliphatic rings. The third kappa shape index (κ3) is 3.01. The summed E-state index contributed by atoms with van der Waals surface area (Å²) in [4.78, 5) is 35.1. The Bertz CT molecular complexity index is 1080. The van der Waals surface area contributed by atoms with Gasteiger partial charge in [-0.15, -0.1) is 0 Å². The molecule has 1 aromatic carbocycles. The molecule has 1 saturated carbocycles. The summed E-state index contributed by atoms with van der Waals surface area (Å²) < 4.78 is 0. The summed E-state index contributed by atoms with van der Waals surface area (Å²) in [6.45, 7) is 1.98. The molecule has 0 spiro atoms. The molecular weight excluding hydrogens is 376 g/mol. The molecule has 3 heterocycles. The molecule has 1 fully saturated rings. The van der Waals surface area contributed by atoms with Gasteiger partial charge in [0, 0.05) is 24.8 Å². The van der Waals surface area contributed by atoms with Crippen molar-refractivity contribution in [2.45, 2.75) is 44.7 Å². The van der Waals surface area contributed by atoms with E-state index in [2.05, 4.69) is 19.9 Å².